The van der Waals surface area contributed by atoms with Gasteiger partial charge in [-0.05, 0) is 0 Å². The van der Waals surface area contributed by atoms with Crippen LogP contribution in [0.2, 0.25) is 0 Å². The number of benzene rings is 1. The second-order valence-corrected chi connectivity index (χ2v) is 1.88. The van der Waals surface area contributed by atoms with Crippen molar-refractivity contribution in [2.45, 2.75) is 0 Å². The first kappa shape index (κ1) is 11.0. The van der Waals surface area contributed by atoms with Gasteiger partial charge in [0, 0.05) is 5.58 Å². The molecule has 11 heavy (non-hydrogen) atoms. The van der Waals surface area contributed by atoms with Crippen LogP contribution in [0.5, 0.6) is 0 Å². The summed E-state index contributed by atoms with van der Waals surface area (Å²) in [6.45, 7) is 0. The van der Waals surface area contributed by atoms with E-state index < -0.39 is 0 Å². The molecule has 1 nitrogen and oxygen atoms in total. The van der Waals surface area contributed by atoms with Gasteiger partial charge in [-0.1, -0.05) is 11.5 Å². The third-order valence-corrected chi connectivity index (χ3v) is 1.28. The van der Waals surface area contributed by atoms with Crippen molar-refractivity contribution in [1.29, 1.82) is 0 Å². The van der Waals surface area contributed by atoms with E-state index in [1.807, 2.05) is 24.3 Å². The zero-order valence-electron chi connectivity index (χ0n) is 5.88. The van der Waals surface area contributed by atoms with Crippen molar-refractivity contribution >= 4 is 34.0 Å². The molecule has 2 rings (SSSR count). The summed E-state index contributed by atoms with van der Waals surface area (Å²) >= 11 is 0. The van der Waals surface area contributed by atoms with Crippen LogP contribution >= 0.6 is 0 Å². The summed E-state index contributed by atoms with van der Waals surface area (Å²) < 4.78 is 5.06. The molecule has 0 amide bonds. The molecule has 0 N–H and O–H groups in total. The van der Waals surface area contributed by atoms with Gasteiger partial charge in [-0.15, -0.1) is 6.07 Å². The summed E-state index contributed by atoms with van der Waals surface area (Å²) in [4.78, 5) is 0. The summed E-state index contributed by atoms with van der Waals surface area (Å²) in [5.41, 5.74) is 0.831. The Balaban J connectivity index is 0.000000500. The van der Waals surface area contributed by atoms with Gasteiger partial charge in [0.05, 0.1) is 6.26 Å². The number of para-hydroxylation sites is 1. The van der Waals surface area contributed by atoms with E-state index >= 15 is 0 Å². The minimum absolute atomic E-state index is 0. The number of halogens is 1. The number of furan rings is 1. The van der Waals surface area contributed by atoms with E-state index in [2.05, 4.69) is 6.07 Å². The first-order valence-corrected chi connectivity index (χ1v) is 2.81. The fourth-order valence-corrected chi connectivity index (χ4v) is 0.843. The Hall–Kier alpha value is 0.00623. The normalized spacial score (nSPS) is 8.36. The summed E-state index contributed by atoms with van der Waals surface area (Å²) in [6.07, 6.45) is 1.67. The van der Waals surface area contributed by atoms with Crippen LogP contribution in [-0.4, -0.2) is 23.1 Å². The van der Waals surface area contributed by atoms with E-state index in [4.69, 9.17) is 4.42 Å². The third-order valence-electron chi connectivity index (χ3n) is 1.28. The van der Waals surface area contributed by atoms with E-state index in [1.165, 1.54) is 0 Å². The van der Waals surface area contributed by atoms with Crippen LogP contribution in [0.3, 0.4) is 0 Å². The average molecular weight is 221 g/mol. The summed E-state index contributed by atoms with van der Waals surface area (Å²) in [5, 5.41) is 1.11. The van der Waals surface area contributed by atoms with E-state index in [1.54, 1.807) is 6.26 Å². The molecule has 1 aromatic carbocycles. The molecule has 0 spiro atoms. The van der Waals surface area contributed by atoms with Gasteiger partial charge in [0.25, 0.3) is 0 Å². The Bertz CT molecular complexity index is 288. The van der Waals surface area contributed by atoms with Crippen molar-refractivity contribution in [3.05, 3.63) is 36.6 Å². The molecule has 0 aliphatic carbocycles. The molecule has 0 unspecified atom stereocenters. The quantitative estimate of drug-likeness (QED) is 0.405. The molecule has 0 atom stereocenters. The topological polar surface area (TPSA) is 13.1 Å². The van der Waals surface area contributed by atoms with Crippen molar-refractivity contribution in [2.75, 3.05) is 0 Å². The van der Waals surface area contributed by atoms with Crippen LogP contribution in [0, 0.1) is 6.07 Å². The second kappa shape index (κ2) is 4.80. The minimum atomic E-state index is 0. The van der Waals surface area contributed by atoms with E-state index in [0.717, 1.165) is 11.0 Å². The molecule has 0 bridgehead atoms. The van der Waals surface area contributed by atoms with Gasteiger partial charge in [0.2, 0.25) is 0 Å². The fourth-order valence-electron chi connectivity index (χ4n) is 0.843. The second-order valence-electron chi connectivity index (χ2n) is 1.88. The predicted molar refractivity (Wildman–Crippen MR) is 40.8 cm³/mol. The molecule has 0 aliphatic rings. The molecule has 0 radical (unpaired) electrons. The van der Waals surface area contributed by atoms with Crippen molar-refractivity contribution < 1.29 is 21.4 Å². The maximum atomic E-state index is 5.06. The van der Waals surface area contributed by atoms with Crippen LogP contribution in [0.4, 0.5) is 0 Å². The number of hydrogen-bond donors (Lipinski definition) is 0. The third kappa shape index (κ3) is 2.22. The van der Waals surface area contributed by atoms with E-state index in [-0.39, 0.29) is 40.0 Å². The fraction of sp³-hybridized carbons (Fsp3) is 0. The minimum Gasteiger partial charge on any atom is -1.00 e. The van der Waals surface area contributed by atoms with Gasteiger partial charge in [-0.25, -0.2) is 0 Å². The molecule has 52 valence electrons. The maximum absolute atomic E-state index is 5.06. The smallest absolute Gasteiger partial charge is 1.00 e. The SMILES string of the molecule is [Br-].[Mg+2].[c-]1cccc2ccoc12. The molecule has 3 heteroatoms. The van der Waals surface area contributed by atoms with Gasteiger partial charge in [0.15, 0.2) is 0 Å². The summed E-state index contributed by atoms with van der Waals surface area (Å²) in [6, 6.07) is 10.7. The maximum Gasteiger partial charge on any atom is 2.00 e. The van der Waals surface area contributed by atoms with Crippen LogP contribution in [0.1, 0.15) is 0 Å². The number of fused-ring (bicyclic) bond motifs is 1. The van der Waals surface area contributed by atoms with E-state index in [9.17, 15) is 0 Å². The Morgan fingerprint density at radius 1 is 1.27 bits per heavy atom. The Labute approximate surface area is 91.7 Å². The Morgan fingerprint density at radius 2 is 2.09 bits per heavy atom. The molecule has 2 aromatic rings. The van der Waals surface area contributed by atoms with Crippen molar-refractivity contribution in [1.82, 2.24) is 0 Å². The van der Waals surface area contributed by atoms with Crippen LogP contribution in [-0.2, 0) is 0 Å². The molecule has 1 heterocycles. The largest absolute Gasteiger partial charge is 2.00 e. The Morgan fingerprint density at radius 3 is 2.82 bits per heavy atom. The van der Waals surface area contributed by atoms with Crippen LogP contribution in [0.15, 0.2) is 34.9 Å². The summed E-state index contributed by atoms with van der Waals surface area (Å²) in [5.74, 6) is 0. The molecular formula is C8H5BrMgO. The van der Waals surface area contributed by atoms with Crippen LogP contribution in [0.25, 0.3) is 11.0 Å². The first-order chi connectivity index (χ1) is 4.47. The molecule has 0 saturated carbocycles. The standard InChI is InChI=1S/C8H5O.BrH.Mg/c1-2-4-8-7(3-1)5-6-9-8;;/h1-3,5-6H;1H;/q-1;;+2/p-1. The number of hydrogen-bond acceptors (Lipinski definition) is 1. The van der Waals surface area contributed by atoms with Gasteiger partial charge in [0.1, 0.15) is 0 Å². The molecule has 1 aromatic heterocycles. The summed E-state index contributed by atoms with van der Waals surface area (Å²) in [7, 11) is 0. The first-order valence-electron chi connectivity index (χ1n) is 2.81. The monoisotopic (exact) mass is 220 g/mol. The predicted octanol–water partition coefficient (Wildman–Crippen LogP) is -1.14. The zero-order chi connectivity index (χ0) is 6.10. The molecule has 0 fully saturated rings. The molecular weight excluding hydrogens is 216 g/mol. The van der Waals surface area contributed by atoms with Crippen LogP contribution < -0.4 is 17.0 Å². The van der Waals surface area contributed by atoms with Gasteiger partial charge < -0.3 is 21.4 Å². The van der Waals surface area contributed by atoms with Crippen molar-refractivity contribution in [2.24, 2.45) is 0 Å². The van der Waals surface area contributed by atoms with Gasteiger partial charge in [-0.3, -0.25) is 0 Å². The average Bonchev–Trinajstić information content (AvgIpc) is 2.33. The van der Waals surface area contributed by atoms with Gasteiger partial charge in [-0.2, -0.15) is 18.2 Å². The van der Waals surface area contributed by atoms with Gasteiger partial charge >= 0.3 is 23.1 Å². The van der Waals surface area contributed by atoms with Crippen molar-refractivity contribution in [3.8, 4) is 0 Å². The Kier molecular flexibility index (Phi) is 4.80. The van der Waals surface area contributed by atoms with Crippen molar-refractivity contribution in [3.63, 3.8) is 0 Å². The molecule has 0 aliphatic heterocycles. The van der Waals surface area contributed by atoms with E-state index in [0.29, 0.717) is 0 Å². The molecule has 0 saturated heterocycles. The zero-order valence-corrected chi connectivity index (χ0v) is 8.88. The number of rotatable bonds is 0.